The maximum absolute atomic E-state index is 10.9. The summed E-state index contributed by atoms with van der Waals surface area (Å²) in [6.07, 6.45) is 2.20. The molecule has 0 saturated heterocycles. The van der Waals surface area contributed by atoms with E-state index in [9.17, 15) is 4.79 Å². The van der Waals surface area contributed by atoms with E-state index in [1.807, 2.05) is 12.1 Å². The van der Waals surface area contributed by atoms with Crippen molar-refractivity contribution in [2.45, 2.75) is 19.3 Å². The first-order valence-corrected chi connectivity index (χ1v) is 5.36. The second-order valence-electron chi connectivity index (χ2n) is 3.33. The average Bonchev–Trinajstić information content (AvgIpc) is 2.29. The molecule has 0 aliphatic heterocycles. The Hall–Kier alpha value is -1.33. The molecular weight excluding hydrogens is 210 g/mol. The third-order valence-corrected chi connectivity index (χ3v) is 2.45. The molecule has 78 valence electrons. The lowest BCUT2D eigenvalue weighted by atomic mass is 10.1. The summed E-state index contributed by atoms with van der Waals surface area (Å²) in [5.41, 5.74) is 1.81. The molecule has 0 aliphatic rings. The smallest absolute Gasteiger partial charge is 0.147 e. The molecule has 0 aromatic heterocycles. The highest BCUT2D eigenvalue weighted by molar-refractivity contribution is 6.27. The van der Waals surface area contributed by atoms with Crippen molar-refractivity contribution in [2.24, 2.45) is 0 Å². The summed E-state index contributed by atoms with van der Waals surface area (Å²) in [6, 6.07) is 9.49. The van der Waals surface area contributed by atoms with Gasteiger partial charge in [-0.2, -0.15) is 5.26 Å². The molecule has 0 amide bonds. The summed E-state index contributed by atoms with van der Waals surface area (Å²) < 4.78 is 0. The molecule has 0 fully saturated rings. The van der Waals surface area contributed by atoms with E-state index in [2.05, 4.69) is 6.07 Å². The first kappa shape index (κ1) is 11.7. The van der Waals surface area contributed by atoms with Gasteiger partial charge in [-0.1, -0.05) is 12.1 Å². The van der Waals surface area contributed by atoms with Gasteiger partial charge < -0.3 is 0 Å². The fourth-order valence-electron chi connectivity index (χ4n) is 1.30. The minimum absolute atomic E-state index is 0.0883. The second-order valence-corrected chi connectivity index (χ2v) is 3.60. The van der Waals surface area contributed by atoms with Crippen LogP contribution in [-0.4, -0.2) is 11.7 Å². The lowest BCUT2D eigenvalue weighted by Gasteiger charge is -2.00. The molecule has 3 heteroatoms. The summed E-state index contributed by atoms with van der Waals surface area (Å²) in [6.45, 7) is 0. The Labute approximate surface area is 94.5 Å². The standard InChI is InChI=1S/C12H12ClNO/c13-8-12(15)3-1-2-10-4-6-11(9-14)7-5-10/h4-7H,1-3,8H2. The van der Waals surface area contributed by atoms with Crippen LogP contribution in [0.4, 0.5) is 0 Å². The molecule has 1 aromatic carbocycles. The fraction of sp³-hybridized carbons (Fsp3) is 0.333. The Kier molecular flexibility index (Phi) is 4.86. The molecule has 0 aliphatic carbocycles. The Balaban J connectivity index is 2.38. The van der Waals surface area contributed by atoms with Crippen LogP contribution < -0.4 is 0 Å². The van der Waals surface area contributed by atoms with Gasteiger partial charge in [0.15, 0.2) is 0 Å². The van der Waals surface area contributed by atoms with Crippen LogP contribution in [0.1, 0.15) is 24.0 Å². The van der Waals surface area contributed by atoms with Crippen LogP contribution in [0.2, 0.25) is 0 Å². The van der Waals surface area contributed by atoms with Crippen LogP contribution in [0.3, 0.4) is 0 Å². The van der Waals surface area contributed by atoms with Crippen LogP contribution >= 0.6 is 11.6 Å². The van der Waals surface area contributed by atoms with Crippen molar-refractivity contribution in [3.05, 3.63) is 35.4 Å². The summed E-state index contributed by atoms with van der Waals surface area (Å²) >= 11 is 5.39. The lowest BCUT2D eigenvalue weighted by molar-refractivity contribution is -0.116. The van der Waals surface area contributed by atoms with Crippen molar-refractivity contribution in [1.29, 1.82) is 5.26 Å². The number of hydrogen-bond donors (Lipinski definition) is 0. The first-order valence-electron chi connectivity index (χ1n) is 4.83. The van der Waals surface area contributed by atoms with E-state index in [-0.39, 0.29) is 11.7 Å². The highest BCUT2D eigenvalue weighted by Gasteiger charge is 2.00. The fourth-order valence-corrected chi connectivity index (χ4v) is 1.44. The van der Waals surface area contributed by atoms with Crippen molar-refractivity contribution in [3.8, 4) is 6.07 Å². The maximum Gasteiger partial charge on any atom is 0.147 e. The molecule has 0 N–H and O–H groups in total. The van der Waals surface area contributed by atoms with Crippen LogP contribution in [0.5, 0.6) is 0 Å². The van der Waals surface area contributed by atoms with Gasteiger partial charge in [0.2, 0.25) is 0 Å². The van der Waals surface area contributed by atoms with Gasteiger partial charge in [0.1, 0.15) is 5.78 Å². The van der Waals surface area contributed by atoms with E-state index in [1.165, 1.54) is 0 Å². The molecule has 0 bridgehead atoms. The van der Waals surface area contributed by atoms with Crippen molar-refractivity contribution in [3.63, 3.8) is 0 Å². The SMILES string of the molecule is N#Cc1ccc(CCCC(=O)CCl)cc1. The van der Waals surface area contributed by atoms with Gasteiger partial charge >= 0.3 is 0 Å². The largest absolute Gasteiger partial charge is 0.298 e. The number of hydrogen-bond acceptors (Lipinski definition) is 2. The van der Waals surface area contributed by atoms with Gasteiger partial charge in [-0.3, -0.25) is 4.79 Å². The third kappa shape index (κ3) is 4.14. The highest BCUT2D eigenvalue weighted by Crippen LogP contribution is 2.07. The summed E-state index contributed by atoms with van der Waals surface area (Å²) in [5.74, 6) is 0.193. The van der Waals surface area contributed by atoms with Gasteiger partial charge in [-0.05, 0) is 30.5 Å². The number of aryl methyl sites for hydroxylation is 1. The monoisotopic (exact) mass is 221 g/mol. The van der Waals surface area contributed by atoms with E-state index >= 15 is 0 Å². The molecule has 0 heterocycles. The van der Waals surface area contributed by atoms with Crippen molar-refractivity contribution >= 4 is 17.4 Å². The number of halogens is 1. The molecule has 1 rings (SSSR count). The zero-order chi connectivity index (χ0) is 11.1. The van der Waals surface area contributed by atoms with Crippen LogP contribution in [-0.2, 0) is 11.2 Å². The summed E-state index contributed by atoms with van der Waals surface area (Å²) in [7, 11) is 0. The number of Topliss-reactive ketones (excluding diaryl/α,β-unsaturated/α-hetero) is 1. The van der Waals surface area contributed by atoms with E-state index in [1.54, 1.807) is 12.1 Å². The summed E-state index contributed by atoms with van der Waals surface area (Å²) in [4.78, 5) is 10.9. The molecule has 1 aromatic rings. The van der Waals surface area contributed by atoms with Crippen molar-refractivity contribution in [1.82, 2.24) is 0 Å². The van der Waals surface area contributed by atoms with Gasteiger partial charge in [0.05, 0.1) is 17.5 Å². The van der Waals surface area contributed by atoms with Gasteiger partial charge in [-0.15, -0.1) is 11.6 Å². The van der Waals surface area contributed by atoms with Crippen molar-refractivity contribution in [2.75, 3.05) is 5.88 Å². The first-order chi connectivity index (χ1) is 7.26. The highest BCUT2D eigenvalue weighted by atomic mass is 35.5. The lowest BCUT2D eigenvalue weighted by Crippen LogP contribution is -1.99. The third-order valence-electron chi connectivity index (χ3n) is 2.15. The zero-order valence-corrected chi connectivity index (χ0v) is 9.13. The Morgan fingerprint density at radius 3 is 2.53 bits per heavy atom. The van der Waals surface area contributed by atoms with Crippen LogP contribution in [0, 0.1) is 11.3 Å². The van der Waals surface area contributed by atoms with Gasteiger partial charge in [0.25, 0.3) is 0 Å². The minimum atomic E-state index is 0.0883. The number of alkyl halides is 1. The zero-order valence-electron chi connectivity index (χ0n) is 8.37. The Bertz CT molecular complexity index is 364. The van der Waals surface area contributed by atoms with Crippen LogP contribution in [0.15, 0.2) is 24.3 Å². The van der Waals surface area contributed by atoms with Gasteiger partial charge in [0, 0.05) is 6.42 Å². The Morgan fingerprint density at radius 1 is 1.33 bits per heavy atom. The normalized spacial score (nSPS) is 9.60. The Morgan fingerprint density at radius 2 is 2.00 bits per heavy atom. The molecule has 0 unspecified atom stereocenters. The molecule has 0 saturated carbocycles. The summed E-state index contributed by atoms with van der Waals surface area (Å²) in [5, 5.41) is 8.60. The predicted molar refractivity (Wildman–Crippen MR) is 59.8 cm³/mol. The number of nitrogens with zero attached hydrogens (tertiary/aromatic N) is 1. The number of carbonyl (C=O) groups is 1. The number of nitriles is 1. The topological polar surface area (TPSA) is 40.9 Å². The molecular formula is C12H12ClNO. The number of benzene rings is 1. The molecule has 2 nitrogen and oxygen atoms in total. The second kappa shape index (κ2) is 6.21. The minimum Gasteiger partial charge on any atom is -0.298 e. The molecule has 15 heavy (non-hydrogen) atoms. The quantitative estimate of drug-likeness (QED) is 0.718. The van der Waals surface area contributed by atoms with Crippen LogP contribution in [0.25, 0.3) is 0 Å². The van der Waals surface area contributed by atoms with E-state index in [4.69, 9.17) is 16.9 Å². The number of ketones is 1. The van der Waals surface area contributed by atoms with Gasteiger partial charge in [-0.25, -0.2) is 0 Å². The predicted octanol–water partition coefficient (Wildman–Crippen LogP) is 2.69. The maximum atomic E-state index is 10.9. The molecule has 0 spiro atoms. The molecule has 0 radical (unpaired) electrons. The van der Waals surface area contributed by atoms with E-state index < -0.39 is 0 Å². The molecule has 0 atom stereocenters. The van der Waals surface area contributed by atoms with Crippen molar-refractivity contribution < 1.29 is 4.79 Å². The average molecular weight is 222 g/mol. The van der Waals surface area contributed by atoms with E-state index in [0.717, 1.165) is 18.4 Å². The number of rotatable bonds is 5. The number of carbonyl (C=O) groups excluding carboxylic acids is 1. The van der Waals surface area contributed by atoms with E-state index in [0.29, 0.717) is 12.0 Å².